The van der Waals surface area contributed by atoms with Gasteiger partial charge in [-0.1, -0.05) is 41.6 Å². The van der Waals surface area contributed by atoms with Crippen LogP contribution in [0.2, 0.25) is 5.02 Å². The molecule has 0 aliphatic carbocycles. The number of nitrogens with two attached hydrogens (primary N) is 1. The fourth-order valence-electron chi connectivity index (χ4n) is 1.70. The first kappa shape index (κ1) is 14.8. The molecule has 1 unspecified atom stereocenters. The van der Waals surface area contributed by atoms with E-state index in [9.17, 15) is 10.1 Å². The highest BCUT2D eigenvalue weighted by atomic mass is 35.5. The Morgan fingerprint density at radius 3 is 2.55 bits per heavy atom. The Labute approximate surface area is 126 Å². The van der Waals surface area contributed by atoms with E-state index in [0.717, 1.165) is 10.5 Å². The Balaban J connectivity index is 2.33. The number of nitro groups is 1. The van der Waals surface area contributed by atoms with Crippen molar-refractivity contribution in [1.82, 2.24) is 0 Å². The molecule has 0 saturated carbocycles. The van der Waals surface area contributed by atoms with Crippen LogP contribution in [-0.2, 0) is 0 Å². The van der Waals surface area contributed by atoms with E-state index in [1.165, 1.54) is 17.8 Å². The Kier molecular flexibility index (Phi) is 4.65. The topological polar surface area (TPSA) is 69.2 Å². The van der Waals surface area contributed by atoms with Crippen molar-refractivity contribution in [2.24, 2.45) is 5.73 Å². The minimum Gasteiger partial charge on any atom is -0.324 e. The van der Waals surface area contributed by atoms with Crippen LogP contribution >= 0.6 is 23.4 Å². The van der Waals surface area contributed by atoms with E-state index in [1.54, 1.807) is 24.3 Å². The van der Waals surface area contributed by atoms with E-state index in [-0.39, 0.29) is 11.7 Å². The van der Waals surface area contributed by atoms with Gasteiger partial charge in [0.05, 0.1) is 14.8 Å². The molecule has 2 N–H and O–H groups in total. The number of benzene rings is 2. The van der Waals surface area contributed by atoms with E-state index >= 15 is 0 Å². The Bertz CT molecular complexity index is 647. The SMILES string of the molecule is CC(N)c1ccc(Sc2ccccc2[N+](=O)[O-])c(Cl)c1. The lowest BCUT2D eigenvalue weighted by atomic mass is 10.1. The molecule has 2 aromatic carbocycles. The van der Waals surface area contributed by atoms with Crippen molar-refractivity contribution >= 4 is 29.1 Å². The molecule has 6 heteroatoms. The van der Waals surface area contributed by atoms with Gasteiger partial charge in [0.15, 0.2) is 0 Å². The normalized spacial score (nSPS) is 12.2. The minimum absolute atomic E-state index is 0.0739. The number of para-hydroxylation sites is 1. The second kappa shape index (κ2) is 6.26. The predicted molar refractivity (Wildman–Crippen MR) is 81.3 cm³/mol. The highest BCUT2D eigenvalue weighted by Gasteiger charge is 2.15. The Hall–Kier alpha value is -1.56. The first-order valence-electron chi connectivity index (χ1n) is 5.95. The van der Waals surface area contributed by atoms with E-state index in [1.807, 2.05) is 19.1 Å². The summed E-state index contributed by atoms with van der Waals surface area (Å²) in [5, 5.41) is 11.5. The number of hydrogen-bond acceptors (Lipinski definition) is 4. The third-order valence-corrected chi connectivity index (χ3v) is 4.33. The van der Waals surface area contributed by atoms with Crippen molar-refractivity contribution in [3.63, 3.8) is 0 Å². The van der Waals surface area contributed by atoms with Gasteiger partial charge in [0.25, 0.3) is 5.69 Å². The fraction of sp³-hybridized carbons (Fsp3) is 0.143. The van der Waals surface area contributed by atoms with E-state index < -0.39 is 4.92 Å². The van der Waals surface area contributed by atoms with Gasteiger partial charge < -0.3 is 5.73 Å². The zero-order chi connectivity index (χ0) is 14.7. The number of halogens is 1. The van der Waals surface area contributed by atoms with Gasteiger partial charge in [-0.2, -0.15) is 0 Å². The lowest BCUT2D eigenvalue weighted by Crippen LogP contribution is -2.04. The van der Waals surface area contributed by atoms with Crippen LogP contribution in [0.3, 0.4) is 0 Å². The van der Waals surface area contributed by atoms with Crippen LogP contribution < -0.4 is 5.73 Å². The van der Waals surface area contributed by atoms with Gasteiger partial charge in [0.1, 0.15) is 0 Å². The summed E-state index contributed by atoms with van der Waals surface area (Å²) in [7, 11) is 0. The third kappa shape index (κ3) is 3.30. The highest BCUT2D eigenvalue weighted by molar-refractivity contribution is 7.99. The molecular weight excluding hydrogens is 296 g/mol. The van der Waals surface area contributed by atoms with E-state index in [2.05, 4.69) is 0 Å². The summed E-state index contributed by atoms with van der Waals surface area (Å²) in [6, 6.07) is 12.0. The van der Waals surface area contributed by atoms with Gasteiger partial charge in [-0.25, -0.2) is 0 Å². The van der Waals surface area contributed by atoms with Gasteiger partial charge >= 0.3 is 0 Å². The minimum atomic E-state index is -0.396. The molecule has 4 nitrogen and oxygen atoms in total. The number of nitrogens with zero attached hydrogens (tertiary/aromatic N) is 1. The third-order valence-electron chi connectivity index (χ3n) is 2.76. The molecule has 0 aliphatic heterocycles. The van der Waals surface area contributed by atoms with Crippen molar-refractivity contribution in [3.8, 4) is 0 Å². The number of rotatable bonds is 4. The summed E-state index contributed by atoms with van der Waals surface area (Å²) in [5.74, 6) is 0. The molecule has 0 spiro atoms. The van der Waals surface area contributed by atoms with Crippen LogP contribution in [0.1, 0.15) is 18.5 Å². The van der Waals surface area contributed by atoms with Crippen molar-refractivity contribution in [2.45, 2.75) is 22.8 Å². The fourth-order valence-corrected chi connectivity index (χ4v) is 2.92. The molecule has 1 atom stereocenters. The second-order valence-electron chi connectivity index (χ2n) is 4.31. The molecular formula is C14H13ClN2O2S. The predicted octanol–water partition coefficient (Wildman–Crippen LogP) is 4.42. The van der Waals surface area contributed by atoms with Crippen LogP contribution in [0.4, 0.5) is 5.69 Å². The first-order valence-corrected chi connectivity index (χ1v) is 7.15. The summed E-state index contributed by atoms with van der Waals surface area (Å²) < 4.78 is 0. The molecule has 0 heterocycles. The van der Waals surface area contributed by atoms with Crippen molar-refractivity contribution in [1.29, 1.82) is 0 Å². The van der Waals surface area contributed by atoms with E-state index in [4.69, 9.17) is 17.3 Å². The summed E-state index contributed by atoms with van der Waals surface area (Å²) in [6.07, 6.45) is 0. The molecule has 104 valence electrons. The largest absolute Gasteiger partial charge is 0.324 e. The van der Waals surface area contributed by atoms with Crippen LogP contribution in [0.25, 0.3) is 0 Å². The second-order valence-corrected chi connectivity index (χ2v) is 5.80. The first-order chi connectivity index (χ1) is 9.49. The van der Waals surface area contributed by atoms with Gasteiger partial charge in [0, 0.05) is 17.0 Å². The van der Waals surface area contributed by atoms with Crippen LogP contribution in [0, 0.1) is 10.1 Å². The molecule has 0 amide bonds. The Morgan fingerprint density at radius 1 is 1.25 bits per heavy atom. The maximum Gasteiger partial charge on any atom is 0.283 e. The smallest absolute Gasteiger partial charge is 0.283 e. The average Bonchev–Trinajstić information content (AvgIpc) is 2.41. The van der Waals surface area contributed by atoms with Crippen molar-refractivity contribution < 1.29 is 4.92 Å². The molecule has 0 saturated heterocycles. The summed E-state index contributed by atoms with van der Waals surface area (Å²) in [4.78, 5) is 11.9. The summed E-state index contributed by atoms with van der Waals surface area (Å²) >= 11 is 7.48. The Morgan fingerprint density at radius 2 is 1.95 bits per heavy atom. The molecule has 0 bridgehead atoms. The van der Waals surface area contributed by atoms with Gasteiger partial charge in [-0.05, 0) is 30.7 Å². The summed E-state index contributed by atoms with van der Waals surface area (Å²) in [5.41, 5.74) is 6.80. The van der Waals surface area contributed by atoms with Gasteiger partial charge in [-0.3, -0.25) is 10.1 Å². The number of hydrogen-bond donors (Lipinski definition) is 1. The zero-order valence-corrected chi connectivity index (χ0v) is 12.3. The molecule has 2 aromatic rings. The zero-order valence-electron chi connectivity index (χ0n) is 10.7. The lowest BCUT2D eigenvalue weighted by molar-refractivity contribution is -0.387. The van der Waals surface area contributed by atoms with Crippen molar-refractivity contribution in [2.75, 3.05) is 0 Å². The van der Waals surface area contributed by atoms with Crippen LogP contribution in [-0.4, -0.2) is 4.92 Å². The molecule has 2 rings (SSSR count). The quantitative estimate of drug-likeness (QED) is 0.670. The number of nitro benzene ring substituents is 1. The molecule has 0 fully saturated rings. The van der Waals surface area contributed by atoms with Gasteiger partial charge in [0.2, 0.25) is 0 Å². The molecule has 0 aromatic heterocycles. The molecule has 20 heavy (non-hydrogen) atoms. The standard InChI is InChI=1S/C14H13ClN2O2S/c1-9(16)10-6-7-13(11(15)8-10)20-14-5-3-2-4-12(14)17(18)19/h2-9H,16H2,1H3. The lowest BCUT2D eigenvalue weighted by Gasteiger charge is -2.09. The molecule has 0 radical (unpaired) electrons. The average molecular weight is 309 g/mol. The van der Waals surface area contributed by atoms with Gasteiger partial charge in [-0.15, -0.1) is 0 Å². The van der Waals surface area contributed by atoms with Crippen LogP contribution in [0.5, 0.6) is 0 Å². The van der Waals surface area contributed by atoms with E-state index in [0.29, 0.717) is 9.92 Å². The van der Waals surface area contributed by atoms with Crippen LogP contribution in [0.15, 0.2) is 52.3 Å². The van der Waals surface area contributed by atoms with Crippen molar-refractivity contribution in [3.05, 3.63) is 63.2 Å². The molecule has 0 aliphatic rings. The maximum absolute atomic E-state index is 11.0. The maximum atomic E-state index is 11.0. The highest BCUT2D eigenvalue weighted by Crippen LogP contribution is 2.38. The summed E-state index contributed by atoms with van der Waals surface area (Å²) in [6.45, 7) is 1.88. The monoisotopic (exact) mass is 308 g/mol.